The molecule has 3 N–H and O–H groups in total. The molecule has 0 spiro atoms. The second-order valence-corrected chi connectivity index (χ2v) is 11.1. The van der Waals surface area contributed by atoms with Gasteiger partial charge in [-0.15, -0.1) is 0 Å². The third-order valence-corrected chi connectivity index (χ3v) is 6.91. The van der Waals surface area contributed by atoms with Crippen molar-refractivity contribution in [2.45, 2.75) is 58.4 Å². The molecule has 208 valence electrons. The number of aromatic hydroxyl groups is 1. The van der Waals surface area contributed by atoms with E-state index in [0.717, 1.165) is 28.2 Å². The van der Waals surface area contributed by atoms with Gasteiger partial charge in [0.1, 0.15) is 5.75 Å². The average molecular weight is 540 g/mol. The molecule has 8 nitrogen and oxygen atoms in total. The van der Waals surface area contributed by atoms with Gasteiger partial charge in [-0.2, -0.15) is 5.10 Å². The van der Waals surface area contributed by atoms with Gasteiger partial charge in [-0.3, -0.25) is 19.5 Å². The van der Waals surface area contributed by atoms with E-state index in [2.05, 4.69) is 50.0 Å². The third kappa shape index (κ3) is 7.01. The Labute approximate surface area is 235 Å². The molecule has 2 aromatic carbocycles. The number of rotatable bonds is 9. The number of aromatic nitrogens is 3. The lowest BCUT2D eigenvalue weighted by molar-refractivity contribution is -0.144. The molecular weight excluding hydrogens is 502 g/mol. The van der Waals surface area contributed by atoms with Gasteiger partial charge in [-0.25, -0.2) is 4.68 Å². The molecule has 0 radical (unpaired) electrons. The number of imide groups is 1. The number of phenols is 1. The van der Waals surface area contributed by atoms with Crippen LogP contribution in [0, 0.1) is 0 Å². The molecule has 2 heterocycles. The summed E-state index contributed by atoms with van der Waals surface area (Å²) in [6.07, 6.45) is 4.91. The molecule has 2 aromatic heterocycles. The first kappa shape index (κ1) is 28.7. The third-order valence-electron chi connectivity index (χ3n) is 6.91. The lowest BCUT2D eigenvalue weighted by Gasteiger charge is -2.23. The van der Waals surface area contributed by atoms with E-state index in [1.165, 1.54) is 17.4 Å². The van der Waals surface area contributed by atoms with Crippen LogP contribution in [0.3, 0.4) is 0 Å². The molecule has 1 atom stereocenters. The van der Waals surface area contributed by atoms with Gasteiger partial charge in [0.25, 0.3) is 0 Å². The molecule has 2 amide bonds. The maximum Gasteiger partial charge on any atom is 0.246 e. The highest BCUT2D eigenvalue weighted by molar-refractivity contribution is 5.96. The summed E-state index contributed by atoms with van der Waals surface area (Å²) in [5.41, 5.74) is 12.0. The Kier molecular flexibility index (Phi) is 8.80. The molecule has 0 fully saturated rings. The molecule has 4 rings (SSSR count). The number of phenolic OH excluding ortho intramolecular Hbond substituents is 1. The average Bonchev–Trinajstić information content (AvgIpc) is 3.36. The summed E-state index contributed by atoms with van der Waals surface area (Å²) in [5, 5.41) is 14.4. The maximum atomic E-state index is 13.1. The van der Waals surface area contributed by atoms with Crippen LogP contribution in [0.1, 0.15) is 50.9 Å². The molecule has 40 heavy (non-hydrogen) atoms. The molecular formula is C32H37N5O3. The van der Waals surface area contributed by atoms with E-state index in [-0.39, 0.29) is 30.0 Å². The van der Waals surface area contributed by atoms with Crippen molar-refractivity contribution >= 4 is 11.8 Å². The van der Waals surface area contributed by atoms with Gasteiger partial charge in [0.2, 0.25) is 11.8 Å². The van der Waals surface area contributed by atoms with Crippen LogP contribution in [0.5, 0.6) is 5.75 Å². The van der Waals surface area contributed by atoms with Gasteiger partial charge in [0.05, 0.1) is 17.4 Å². The van der Waals surface area contributed by atoms with Gasteiger partial charge in [-0.05, 0) is 78.3 Å². The summed E-state index contributed by atoms with van der Waals surface area (Å²) < 4.78 is 1.93. The van der Waals surface area contributed by atoms with Crippen molar-refractivity contribution in [2.24, 2.45) is 5.73 Å². The second-order valence-electron chi connectivity index (χ2n) is 11.1. The molecule has 0 aliphatic carbocycles. The Bertz CT molecular complexity index is 1440. The number of carbonyl (C=O) groups is 2. The minimum atomic E-state index is -0.862. The number of benzene rings is 2. The zero-order chi connectivity index (χ0) is 28.9. The van der Waals surface area contributed by atoms with Crippen molar-refractivity contribution < 1.29 is 14.7 Å². The summed E-state index contributed by atoms with van der Waals surface area (Å²) in [7, 11) is 0. The molecule has 0 saturated heterocycles. The fourth-order valence-electron chi connectivity index (χ4n) is 4.60. The van der Waals surface area contributed by atoms with Crippen LogP contribution in [0.2, 0.25) is 0 Å². The summed E-state index contributed by atoms with van der Waals surface area (Å²) in [6.45, 7) is 8.18. The van der Waals surface area contributed by atoms with E-state index in [1.807, 2.05) is 22.9 Å². The van der Waals surface area contributed by atoms with Crippen molar-refractivity contribution in [1.82, 2.24) is 19.7 Å². The summed E-state index contributed by atoms with van der Waals surface area (Å²) in [5.74, 6) is -0.607. The molecule has 0 aliphatic rings. The van der Waals surface area contributed by atoms with Crippen LogP contribution in [0.25, 0.3) is 16.9 Å². The minimum Gasteiger partial charge on any atom is -0.508 e. The van der Waals surface area contributed by atoms with E-state index in [1.54, 1.807) is 36.7 Å². The molecule has 0 bridgehead atoms. The zero-order valence-electron chi connectivity index (χ0n) is 23.5. The molecule has 0 unspecified atom stereocenters. The molecule has 4 aromatic rings. The van der Waals surface area contributed by atoms with E-state index in [0.29, 0.717) is 12.8 Å². The number of carbonyl (C=O) groups excluding carboxylic acids is 2. The van der Waals surface area contributed by atoms with Crippen molar-refractivity contribution in [2.75, 3.05) is 6.54 Å². The predicted octanol–water partition coefficient (Wildman–Crippen LogP) is 4.82. The summed E-state index contributed by atoms with van der Waals surface area (Å²) >= 11 is 0. The monoisotopic (exact) mass is 539 g/mol. The van der Waals surface area contributed by atoms with Crippen LogP contribution in [-0.2, 0) is 27.8 Å². The Morgan fingerprint density at radius 2 is 1.65 bits per heavy atom. The number of nitrogens with zero attached hydrogens (tertiary/aromatic N) is 4. The zero-order valence-corrected chi connectivity index (χ0v) is 23.5. The largest absolute Gasteiger partial charge is 0.508 e. The van der Waals surface area contributed by atoms with E-state index >= 15 is 0 Å². The number of amides is 2. The van der Waals surface area contributed by atoms with E-state index in [4.69, 9.17) is 10.8 Å². The van der Waals surface area contributed by atoms with Crippen molar-refractivity contribution in [3.05, 3.63) is 95.9 Å². The second kappa shape index (κ2) is 12.3. The molecule has 0 saturated carbocycles. The Hall–Kier alpha value is -4.30. The smallest absolute Gasteiger partial charge is 0.246 e. The van der Waals surface area contributed by atoms with E-state index in [9.17, 15) is 14.7 Å². The fourth-order valence-corrected chi connectivity index (χ4v) is 4.60. The van der Waals surface area contributed by atoms with Crippen LogP contribution >= 0.6 is 0 Å². The summed E-state index contributed by atoms with van der Waals surface area (Å²) in [4.78, 5) is 30.9. The summed E-state index contributed by atoms with van der Waals surface area (Å²) in [6, 6.07) is 20.0. The standard InChI is InChI=1S/C32H37N5O3/c1-22(38)36(31(40)29(33)20-23-7-13-28(39)14-8-23)19-5-6-27-21-30(24-15-17-34-18-16-24)35-37(27)26-11-9-25(10-12-26)32(2,3)4/h7-18,21,29,39H,5-6,19-20,33H2,1-4H3/t29-/m0/s1. The van der Waals surface area contributed by atoms with Crippen molar-refractivity contribution in [3.63, 3.8) is 0 Å². The van der Waals surface area contributed by atoms with Crippen molar-refractivity contribution in [1.29, 1.82) is 0 Å². The Balaban J connectivity index is 1.51. The maximum absolute atomic E-state index is 13.1. The normalized spacial score (nSPS) is 12.2. The SMILES string of the molecule is CC(=O)N(CCCc1cc(-c2ccncc2)nn1-c1ccc(C(C)(C)C)cc1)C(=O)[C@@H](N)Cc1ccc(O)cc1. The van der Waals surface area contributed by atoms with Gasteiger partial charge < -0.3 is 10.8 Å². The van der Waals surface area contributed by atoms with Gasteiger partial charge in [-0.1, -0.05) is 45.0 Å². The first-order valence-corrected chi connectivity index (χ1v) is 13.5. The van der Waals surface area contributed by atoms with E-state index < -0.39 is 11.9 Å². The highest BCUT2D eigenvalue weighted by atomic mass is 16.3. The quantitative estimate of drug-likeness (QED) is 0.315. The van der Waals surface area contributed by atoms with Gasteiger partial charge in [0.15, 0.2) is 0 Å². The molecule has 0 aliphatic heterocycles. The van der Waals surface area contributed by atoms with Gasteiger partial charge in [0, 0.05) is 37.1 Å². The number of aryl methyl sites for hydroxylation is 1. The van der Waals surface area contributed by atoms with Crippen LogP contribution < -0.4 is 5.73 Å². The van der Waals surface area contributed by atoms with Crippen LogP contribution in [-0.4, -0.2) is 49.2 Å². The lowest BCUT2D eigenvalue weighted by Crippen LogP contribution is -2.47. The highest BCUT2D eigenvalue weighted by Crippen LogP contribution is 2.26. The van der Waals surface area contributed by atoms with Crippen LogP contribution in [0.15, 0.2) is 79.1 Å². The highest BCUT2D eigenvalue weighted by Gasteiger charge is 2.24. The van der Waals surface area contributed by atoms with Crippen LogP contribution in [0.4, 0.5) is 0 Å². The minimum absolute atomic E-state index is 0.0412. The Morgan fingerprint density at radius 3 is 2.25 bits per heavy atom. The van der Waals surface area contributed by atoms with Crippen molar-refractivity contribution in [3.8, 4) is 22.7 Å². The number of pyridine rings is 1. The number of nitrogens with two attached hydrogens (primary N) is 1. The molecule has 8 heteroatoms. The Morgan fingerprint density at radius 1 is 1.00 bits per heavy atom. The predicted molar refractivity (Wildman–Crippen MR) is 156 cm³/mol. The first-order valence-electron chi connectivity index (χ1n) is 13.5. The first-order chi connectivity index (χ1) is 19.0. The number of hydrogen-bond donors (Lipinski definition) is 2. The topological polar surface area (TPSA) is 114 Å². The van der Waals surface area contributed by atoms with Gasteiger partial charge >= 0.3 is 0 Å². The lowest BCUT2D eigenvalue weighted by atomic mass is 9.87. The fraction of sp³-hybridized carbons (Fsp3) is 0.312. The number of hydrogen-bond acceptors (Lipinski definition) is 6.